The van der Waals surface area contributed by atoms with Crippen LogP contribution in [0.1, 0.15) is 119 Å². The van der Waals surface area contributed by atoms with Gasteiger partial charge in [0, 0.05) is 10.5 Å². The summed E-state index contributed by atoms with van der Waals surface area (Å²) in [6.07, 6.45) is 9.45. The maximum absolute atomic E-state index is 12.0. The lowest BCUT2D eigenvalue weighted by molar-refractivity contribution is -0.367. The maximum atomic E-state index is 12.0. The molecule has 11 nitrogen and oxygen atoms in total. The number of ether oxygens (including phenoxy) is 7. The summed E-state index contributed by atoms with van der Waals surface area (Å²) in [7, 11) is 0. The smallest absolute Gasteiger partial charge is 0.186 e. The summed E-state index contributed by atoms with van der Waals surface area (Å²) < 4.78 is 45.4. The van der Waals surface area contributed by atoms with E-state index in [2.05, 4.69) is 16.9 Å². The second kappa shape index (κ2) is 27.9. The third kappa shape index (κ3) is 16.1. The van der Waals surface area contributed by atoms with Crippen molar-refractivity contribution >= 4 is 0 Å². The van der Waals surface area contributed by atoms with Crippen LogP contribution in [0.4, 0.5) is 0 Å². The molecular formula is C52H69N3O8. The number of nitrogens with zero attached hydrogens (tertiary/aromatic N) is 3. The van der Waals surface area contributed by atoms with Gasteiger partial charge in [-0.1, -0.05) is 210 Å². The van der Waals surface area contributed by atoms with Gasteiger partial charge in [-0.3, -0.25) is 0 Å². The zero-order chi connectivity index (χ0) is 43.7. The first-order valence-corrected chi connectivity index (χ1v) is 23.4. The van der Waals surface area contributed by atoms with Gasteiger partial charge in [0.1, 0.15) is 24.4 Å². The van der Waals surface area contributed by atoms with Crippen molar-refractivity contribution in [1.82, 2.24) is 0 Å². The number of rotatable bonds is 29. The first-order valence-electron chi connectivity index (χ1n) is 23.4. The SMILES string of the molecule is CCCCCCCCCCCCCC[C@@H](OCc1ccccc1)[C@@H](OCc1ccccc1)[C@H](CO[C@H]1O[C@@H]2COC(c3ccccc3)O[C@@H]2[C@H](OCc2ccccc2)[C@H]1O)N=[N+]=[N-]. The maximum Gasteiger partial charge on any atom is 0.186 e. The van der Waals surface area contributed by atoms with E-state index in [4.69, 9.17) is 33.2 Å². The minimum atomic E-state index is -1.24. The number of aliphatic hydroxyl groups excluding tert-OH is 1. The van der Waals surface area contributed by atoms with Crippen LogP contribution in [0.5, 0.6) is 0 Å². The van der Waals surface area contributed by atoms with Crippen LogP contribution < -0.4 is 0 Å². The number of hydrogen-bond donors (Lipinski definition) is 1. The van der Waals surface area contributed by atoms with Crippen LogP contribution in [0.25, 0.3) is 10.4 Å². The molecule has 1 N–H and O–H groups in total. The number of unbranched alkanes of at least 4 members (excludes halogenated alkanes) is 11. The van der Waals surface area contributed by atoms with Crippen molar-refractivity contribution in [3.63, 3.8) is 0 Å². The Morgan fingerprint density at radius 2 is 1.17 bits per heavy atom. The topological polar surface area (TPSA) is 134 Å². The molecule has 63 heavy (non-hydrogen) atoms. The Balaban J connectivity index is 1.15. The Hall–Kier alpha value is -4.13. The van der Waals surface area contributed by atoms with Gasteiger partial charge >= 0.3 is 0 Å². The van der Waals surface area contributed by atoms with Gasteiger partial charge in [-0.2, -0.15) is 0 Å². The highest BCUT2D eigenvalue weighted by atomic mass is 16.8. The summed E-state index contributed by atoms with van der Waals surface area (Å²) in [4.78, 5) is 3.28. The van der Waals surface area contributed by atoms with E-state index in [0.717, 1.165) is 41.5 Å². The minimum Gasteiger partial charge on any atom is -0.385 e. The van der Waals surface area contributed by atoms with Crippen molar-refractivity contribution in [2.24, 2.45) is 5.11 Å². The Bertz CT molecular complexity index is 1840. The molecule has 0 bridgehead atoms. The van der Waals surface area contributed by atoms with E-state index in [-0.39, 0.29) is 26.4 Å². The molecular weight excluding hydrogens is 795 g/mol. The molecule has 340 valence electrons. The summed E-state index contributed by atoms with van der Waals surface area (Å²) in [5.74, 6) is 0. The van der Waals surface area contributed by atoms with E-state index in [1.165, 1.54) is 57.8 Å². The van der Waals surface area contributed by atoms with Gasteiger partial charge in [0.25, 0.3) is 0 Å². The standard InChI is InChI=1S/C52H69N3O8/c1-2-3-4-5-6-7-8-9-10-11-12-25-34-45(57-35-40-26-17-13-18-27-40)48(58-36-41-28-19-14-20-29-41)44(54-55-53)38-60-52-47(56)50(59-37-42-30-21-15-22-31-42)49-46(62-52)39-61-51(63-49)43-32-23-16-24-33-43/h13-24,26-33,44-52,56H,2-12,25,34-39H2,1H3/t44-,45+,46+,47+,48-,49-,50+,51?,52-/m0/s1. The molecule has 11 heteroatoms. The second-order valence-corrected chi connectivity index (χ2v) is 16.9. The lowest BCUT2D eigenvalue weighted by Crippen LogP contribution is -2.63. The molecule has 0 aromatic heterocycles. The highest BCUT2D eigenvalue weighted by Gasteiger charge is 2.51. The summed E-state index contributed by atoms with van der Waals surface area (Å²) in [6.45, 7) is 3.25. The predicted molar refractivity (Wildman–Crippen MR) is 244 cm³/mol. The average Bonchev–Trinajstić information content (AvgIpc) is 3.33. The molecule has 0 aliphatic carbocycles. The predicted octanol–water partition coefficient (Wildman–Crippen LogP) is 11.7. The normalized spacial score (nSPS) is 22.4. The van der Waals surface area contributed by atoms with Gasteiger partial charge < -0.3 is 38.3 Å². The monoisotopic (exact) mass is 864 g/mol. The summed E-state index contributed by atoms with van der Waals surface area (Å²) >= 11 is 0. The number of hydrogen-bond acceptors (Lipinski definition) is 9. The Morgan fingerprint density at radius 1 is 0.651 bits per heavy atom. The van der Waals surface area contributed by atoms with Crippen molar-refractivity contribution in [3.8, 4) is 0 Å². The van der Waals surface area contributed by atoms with Gasteiger partial charge in [-0.05, 0) is 28.6 Å². The average molecular weight is 864 g/mol. The third-order valence-electron chi connectivity index (χ3n) is 12.0. The number of azide groups is 1. The number of benzene rings is 4. The molecule has 4 aromatic carbocycles. The summed E-state index contributed by atoms with van der Waals surface area (Å²) in [5.41, 5.74) is 13.8. The van der Waals surface area contributed by atoms with E-state index < -0.39 is 55.2 Å². The van der Waals surface area contributed by atoms with Crippen molar-refractivity contribution < 1.29 is 38.3 Å². The summed E-state index contributed by atoms with van der Waals surface area (Å²) in [5, 5.41) is 16.3. The van der Waals surface area contributed by atoms with Gasteiger partial charge in [0.15, 0.2) is 12.6 Å². The first kappa shape index (κ1) is 48.3. The molecule has 0 saturated carbocycles. The Morgan fingerprint density at radius 3 is 1.75 bits per heavy atom. The van der Waals surface area contributed by atoms with E-state index >= 15 is 0 Å². The molecule has 2 aliphatic rings. The van der Waals surface area contributed by atoms with E-state index in [9.17, 15) is 10.6 Å². The van der Waals surface area contributed by atoms with Crippen LogP contribution in [-0.4, -0.2) is 67.3 Å². The van der Waals surface area contributed by atoms with Crippen LogP contribution >= 0.6 is 0 Å². The molecule has 0 radical (unpaired) electrons. The van der Waals surface area contributed by atoms with Crippen molar-refractivity contribution in [1.29, 1.82) is 0 Å². The van der Waals surface area contributed by atoms with E-state index in [0.29, 0.717) is 13.0 Å². The summed E-state index contributed by atoms with van der Waals surface area (Å²) in [6, 6.07) is 38.7. The quantitative estimate of drug-likeness (QED) is 0.0247. The molecule has 2 saturated heterocycles. The van der Waals surface area contributed by atoms with Gasteiger partial charge in [-0.15, -0.1) is 0 Å². The minimum absolute atomic E-state index is 0.105. The number of aliphatic hydroxyl groups is 1. The first-order chi connectivity index (χ1) is 31.1. The van der Waals surface area contributed by atoms with E-state index in [1.54, 1.807) is 0 Å². The molecule has 2 aliphatic heterocycles. The van der Waals surface area contributed by atoms with Crippen LogP contribution in [-0.2, 0) is 53.0 Å². The van der Waals surface area contributed by atoms with Gasteiger partial charge in [0.2, 0.25) is 0 Å². The molecule has 2 fully saturated rings. The molecule has 2 heterocycles. The molecule has 1 unspecified atom stereocenters. The van der Waals surface area contributed by atoms with Gasteiger partial charge in [-0.25, -0.2) is 0 Å². The van der Waals surface area contributed by atoms with E-state index in [1.807, 2.05) is 121 Å². The molecule has 0 spiro atoms. The molecule has 0 amide bonds. The molecule has 6 rings (SSSR count). The molecule has 9 atom stereocenters. The highest BCUT2D eigenvalue weighted by molar-refractivity contribution is 5.18. The Labute approximate surface area is 375 Å². The lowest BCUT2D eigenvalue weighted by Gasteiger charge is -2.48. The van der Waals surface area contributed by atoms with Crippen LogP contribution in [0.2, 0.25) is 0 Å². The third-order valence-corrected chi connectivity index (χ3v) is 12.0. The highest BCUT2D eigenvalue weighted by Crippen LogP contribution is 2.36. The fraction of sp³-hybridized carbons (Fsp3) is 0.538. The zero-order valence-electron chi connectivity index (χ0n) is 37.1. The van der Waals surface area contributed by atoms with Crippen molar-refractivity contribution in [2.45, 2.75) is 165 Å². The lowest BCUT2D eigenvalue weighted by atomic mass is 9.97. The van der Waals surface area contributed by atoms with Crippen molar-refractivity contribution in [2.75, 3.05) is 13.2 Å². The van der Waals surface area contributed by atoms with Crippen LogP contribution in [0.3, 0.4) is 0 Å². The fourth-order valence-corrected chi connectivity index (χ4v) is 8.43. The second-order valence-electron chi connectivity index (χ2n) is 16.9. The van der Waals surface area contributed by atoms with Crippen molar-refractivity contribution in [3.05, 3.63) is 154 Å². The zero-order valence-corrected chi connectivity index (χ0v) is 37.1. The fourth-order valence-electron chi connectivity index (χ4n) is 8.43. The number of fused-ring (bicyclic) bond motifs is 1. The molecule has 4 aromatic rings. The van der Waals surface area contributed by atoms with Crippen LogP contribution in [0, 0.1) is 0 Å². The van der Waals surface area contributed by atoms with Gasteiger partial charge in [0.05, 0.1) is 51.3 Å². The van der Waals surface area contributed by atoms with Crippen LogP contribution in [0.15, 0.2) is 126 Å². The Kier molecular flexibility index (Phi) is 21.4. The largest absolute Gasteiger partial charge is 0.385 e.